The highest BCUT2D eigenvalue weighted by atomic mass is 32.1. The van der Waals surface area contributed by atoms with Crippen LogP contribution in [-0.2, 0) is 0 Å². The second kappa shape index (κ2) is 4.89. The molecule has 1 aromatic rings. The Morgan fingerprint density at radius 2 is 2.07 bits per heavy atom. The van der Waals surface area contributed by atoms with Crippen LogP contribution in [0.2, 0.25) is 0 Å². The largest absolute Gasteiger partial charge is 0.494 e. The molecule has 0 fully saturated rings. The van der Waals surface area contributed by atoms with Crippen molar-refractivity contribution in [2.24, 2.45) is 4.99 Å². The highest BCUT2D eigenvalue weighted by Crippen LogP contribution is 2.27. The quantitative estimate of drug-likeness (QED) is 0.559. The van der Waals surface area contributed by atoms with Gasteiger partial charge >= 0.3 is 0 Å². The van der Waals surface area contributed by atoms with Crippen molar-refractivity contribution in [2.75, 3.05) is 6.61 Å². The second-order valence-corrected chi connectivity index (χ2v) is 3.22. The molecule has 0 spiro atoms. The van der Waals surface area contributed by atoms with Gasteiger partial charge in [0.25, 0.3) is 0 Å². The third-order valence-corrected chi connectivity index (χ3v) is 2.05. The molecule has 3 heteroatoms. The molecule has 0 saturated carbocycles. The molecule has 0 heterocycles. The summed E-state index contributed by atoms with van der Waals surface area (Å²) >= 11 is 4.57. The van der Waals surface area contributed by atoms with E-state index < -0.39 is 0 Å². The minimum Gasteiger partial charge on any atom is -0.494 e. The van der Waals surface area contributed by atoms with Crippen molar-refractivity contribution in [1.29, 1.82) is 0 Å². The van der Waals surface area contributed by atoms with E-state index in [1.807, 2.05) is 32.9 Å². The first-order valence-corrected chi connectivity index (χ1v) is 4.91. The van der Waals surface area contributed by atoms with Crippen LogP contribution in [0.4, 0.5) is 5.69 Å². The molecular formula is C11H13NOS. The van der Waals surface area contributed by atoms with Gasteiger partial charge in [0.15, 0.2) is 0 Å². The minimum absolute atomic E-state index is 0.677. The number of benzene rings is 1. The van der Waals surface area contributed by atoms with Crippen molar-refractivity contribution in [3.63, 3.8) is 0 Å². The smallest absolute Gasteiger partial charge is 0.122 e. The lowest BCUT2D eigenvalue weighted by Gasteiger charge is -2.09. The van der Waals surface area contributed by atoms with E-state index in [9.17, 15) is 0 Å². The molecule has 2 nitrogen and oxygen atoms in total. The Morgan fingerprint density at radius 3 is 2.64 bits per heavy atom. The zero-order valence-corrected chi connectivity index (χ0v) is 9.44. The first-order valence-electron chi connectivity index (χ1n) is 4.51. The Bertz CT molecular complexity index is 381. The van der Waals surface area contributed by atoms with E-state index in [2.05, 4.69) is 22.4 Å². The zero-order valence-electron chi connectivity index (χ0n) is 8.63. The fourth-order valence-electron chi connectivity index (χ4n) is 1.26. The number of thiocarbonyl (C=S) groups is 1. The van der Waals surface area contributed by atoms with Gasteiger partial charge in [-0.25, -0.2) is 0 Å². The molecule has 1 aromatic carbocycles. The SMILES string of the molecule is CCOc1cc(C)c(N=C=S)cc1C. The Labute approximate surface area is 89.6 Å². The molecule has 0 aromatic heterocycles. The van der Waals surface area contributed by atoms with Crippen molar-refractivity contribution in [3.05, 3.63) is 23.3 Å². The summed E-state index contributed by atoms with van der Waals surface area (Å²) in [6.45, 7) is 6.62. The van der Waals surface area contributed by atoms with Crippen LogP contribution in [0.25, 0.3) is 0 Å². The zero-order chi connectivity index (χ0) is 10.6. The molecule has 0 atom stereocenters. The number of aliphatic imine (C=N–C) groups is 1. The summed E-state index contributed by atoms with van der Waals surface area (Å²) in [6, 6.07) is 3.93. The first kappa shape index (κ1) is 10.9. The molecule has 0 aliphatic rings. The topological polar surface area (TPSA) is 21.6 Å². The maximum atomic E-state index is 5.46. The lowest BCUT2D eigenvalue weighted by atomic mass is 10.1. The molecule has 0 bridgehead atoms. The van der Waals surface area contributed by atoms with Gasteiger partial charge in [0.2, 0.25) is 0 Å². The van der Waals surface area contributed by atoms with Crippen LogP contribution in [-0.4, -0.2) is 11.8 Å². The summed E-state index contributed by atoms with van der Waals surface area (Å²) in [5.41, 5.74) is 2.99. The molecule has 0 aliphatic heterocycles. The fraction of sp³-hybridized carbons (Fsp3) is 0.364. The van der Waals surface area contributed by atoms with Crippen LogP contribution in [0.5, 0.6) is 5.75 Å². The van der Waals surface area contributed by atoms with Gasteiger partial charge in [-0.05, 0) is 56.2 Å². The third-order valence-electron chi connectivity index (χ3n) is 1.96. The van der Waals surface area contributed by atoms with Crippen LogP contribution in [0.3, 0.4) is 0 Å². The summed E-state index contributed by atoms with van der Waals surface area (Å²) < 4.78 is 5.46. The molecule has 0 saturated heterocycles. The predicted molar refractivity (Wildman–Crippen MR) is 61.8 cm³/mol. The molecule has 0 amide bonds. The summed E-state index contributed by atoms with van der Waals surface area (Å²) in [4.78, 5) is 3.98. The molecule has 0 radical (unpaired) electrons. The lowest BCUT2D eigenvalue weighted by Crippen LogP contribution is -1.94. The predicted octanol–water partition coefficient (Wildman–Crippen LogP) is 3.44. The number of aryl methyl sites for hydroxylation is 2. The summed E-state index contributed by atoms with van der Waals surface area (Å²) in [5, 5.41) is 2.37. The molecular weight excluding hydrogens is 194 g/mol. The van der Waals surface area contributed by atoms with Crippen LogP contribution in [0.1, 0.15) is 18.1 Å². The van der Waals surface area contributed by atoms with E-state index in [1.165, 1.54) is 0 Å². The fourth-order valence-corrected chi connectivity index (χ4v) is 1.35. The average molecular weight is 207 g/mol. The average Bonchev–Trinajstić information content (AvgIpc) is 2.14. The normalized spacial score (nSPS) is 9.36. The summed E-state index contributed by atoms with van der Waals surface area (Å²) in [5.74, 6) is 0.910. The van der Waals surface area contributed by atoms with Crippen LogP contribution >= 0.6 is 12.2 Å². The summed E-state index contributed by atoms with van der Waals surface area (Å²) in [7, 11) is 0. The Morgan fingerprint density at radius 1 is 1.36 bits per heavy atom. The van der Waals surface area contributed by atoms with Crippen molar-refractivity contribution in [3.8, 4) is 5.75 Å². The van der Waals surface area contributed by atoms with Crippen molar-refractivity contribution in [1.82, 2.24) is 0 Å². The van der Waals surface area contributed by atoms with E-state index in [4.69, 9.17) is 4.74 Å². The van der Waals surface area contributed by atoms with Gasteiger partial charge in [-0.1, -0.05) is 0 Å². The van der Waals surface area contributed by atoms with E-state index in [0.717, 1.165) is 22.6 Å². The van der Waals surface area contributed by atoms with Gasteiger partial charge in [-0.3, -0.25) is 0 Å². The van der Waals surface area contributed by atoms with E-state index in [-0.39, 0.29) is 0 Å². The number of ether oxygens (including phenoxy) is 1. The maximum absolute atomic E-state index is 5.46. The lowest BCUT2D eigenvalue weighted by molar-refractivity contribution is 0.337. The van der Waals surface area contributed by atoms with Crippen LogP contribution in [0, 0.1) is 13.8 Å². The van der Waals surface area contributed by atoms with Crippen molar-refractivity contribution < 1.29 is 4.74 Å². The Hall–Kier alpha value is -1.18. The van der Waals surface area contributed by atoms with E-state index >= 15 is 0 Å². The number of isothiocyanates is 1. The minimum atomic E-state index is 0.677. The molecule has 1 rings (SSSR count). The highest BCUT2D eigenvalue weighted by molar-refractivity contribution is 7.78. The van der Waals surface area contributed by atoms with Gasteiger partial charge < -0.3 is 4.74 Å². The van der Waals surface area contributed by atoms with Gasteiger partial charge in [-0.15, -0.1) is 0 Å². The molecule has 0 unspecified atom stereocenters. The highest BCUT2D eigenvalue weighted by Gasteiger charge is 2.03. The van der Waals surface area contributed by atoms with E-state index in [0.29, 0.717) is 6.61 Å². The maximum Gasteiger partial charge on any atom is 0.122 e. The van der Waals surface area contributed by atoms with Gasteiger partial charge in [-0.2, -0.15) is 4.99 Å². The summed E-state index contributed by atoms with van der Waals surface area (Å²) in [6.07, 6.45) is 0. The van der Waals surface area contributed by atoms with E-state index in [1.54, 1.807) is 0 Å². The van der Waals surface area contributed by atoms with Crippen LogP contribution < -0.4 is 4.74 Å². The molecule has 74 valence electrons. The molecule has 0 aliphatic carbocycles. The number of nitrogens with zero attached hydrogens (tertiary/aromatic N) is 1. The van der Waals surface area contributed by atoms with Crippen molar-refractivity contribution in [2.45, 2.75) is 20.8 Å². The van der Waals surface area contributed by atoms with Gasteiger partial charge in [0.05, 0.1) is 17.5 Å². The molecule has 0 N–H and O–H groups in total. The first-order chi connectivity index (χ1) is 6.69. The number of hydrogen-bond acceptors (Lipinski definition) is 3. The second-order valence-electron chi connectivity index (χ2n) is 3.04. The Kier molecular flexibility index (Phi) is 3.81. The van der Waals surface area contributed by atoms with Gasteiger partial charge in [0, 0.05) is 0 Å². The third kappa shape index (κ3) is 2.41. The van der Waals surface area contributed by atoms with Gasteiger partial charge in [0.1, 0.15) is 5.75 Å². The number of hydrogen-bond donors (Lipinski definition) is 0. The molecule has 14 heavy (non-hydrogen) atoms. The standard InChI is InChI=1S/C11H13NOS/c1-4-13-11-6-8(2)10(12-7-14)5-9(11)3/h5-6H,4H2,1-3H3. The monoisotopic (exact) mass is 207 g/mol. The number of rotatable bonds is 3. The Balaban J connectivity index is 3.16. The van der Waals surface area contributed by atoms with Crippen molar-refractivity contribution >= 4 is 23.1 Å². The van der Waals surface area contributed by atoms with Crippen LogP contribution in [0.15, 0.2) is 17.1 Å².